The summed E-state index contributed by atoms with van der Waals surface area (Å²) in [5, 5.41) is 0. The van der Waals surface area contributed by atoms with Crippen molar-refractivity contribution < 1.29 is 4.74 Å². The van der Waals surface area contributed by atoms with Crippen LogP contribution in [0.4, 0.5) is 0 Å². The predicted octanol–water partition coefficient (Wildman–Crippen LogP) is 2.61. The molecular formula is C12H15NO. The summed E-state index contributed by atoms with van der Waals surface area (Å²) < 4.78 is 5.04. The maximum absolute atomic E-state index is 5.04. The summed E-state index contributed by atoms with van der Waals surface area (Å²) in [5.41, 5.74) is 1.39. The van der Waals surface area contributed by atoms with Gasteiger partial charge in [-0.2, -0.15) is 0 Å². The largest absolute Gasteiger partial charge is 0.484 e. The molecule has 0 spiro atoms. The second kappa shape index (κ2) is 3.82. The number of hydrogen-bond acceptors (Lipinski definition) is 2. The topological polar surface area (TPSA) is 21.6 Å². The Balaban J connectivity index is 2.00. The fourth-order valence-electron chi connectivity index (χ4n) is 1.67. The molecule has 1 fully saturated rings. The number of hydrogen-bond donors (Lipinski definition) is 0. The van der Waals surface area contributed by atoms with E-state index < -0.39 is 0 Å². The zero-order valence-electron chi connectivity index (χ0n) is 8.60. The maximum atomic E-state index is 5.04. The number of nitrogens with zero attached hydrogens (tertiary/aromatic N) is 1. The number of methoxy groups -OCH3 is 1. The van der Waals surface area contributed by atoms with Crippen molar-refractivity contribution in [1.29, 1.82) is 0 Å². The lowest BCUT2D eigenvalue weighted by Crippen LogP contribution is -1.96. The minimum Gasteiger partial charge on any atom is -0.484 e. The van der Waals surface area contributed by atoms with Crippen molar-refractivity contribution in [3.8, 4) is 0 Å². The average Bonchev–Trinajstić information content (AvgIpc) is 2.98. The van der Waals surface area contributed by atoms with Crippen LogP contribution in [0.25, 0.3) is 0 Å². The van der Waals surface area contributed by atoms with Gasteiger partial charge in [-0.25, -0.2) is 0 Å². The van der Waals surface area contributed by atoms with Crippen LogP contribution in [0.1, 0.15) is 24.8 Å². The lowest BCUT2D eigenvalue weighted by molar-refractivity contribution is 0.397. The molecule has 14 heavy (non-hydrogen) atoms. The van der Waals surface area contributed by atoms with Gasteiger partial charge in [0.2, 0.25) is 0 Å². The van der Waals surface area contributed by atoms with Crippen molar-refractivity contribution in [3.05, 3.63) is 35.9 Å². The molecule has 2 nitrogen and oxygen atoms in total. The molecule has 0 radical (unpaired) electrons. The zero-order valence-corrected chi connectivity index (χ0v) is 8.60. The first-order valence-electron chi connectivity index (χ1n) is 4.94. The highest BCUT2D eigenvalue weighted by Gasteiger charge is 2.38. The lowest BCUT2D eigenvalue weighted by atomic mass is 10.1. The van der Waals surface area contributed by atoms with Gasteiger partial charge in [-0.05, 0) is 12.0 Å². The van der Waals surface area contributed by atoms with Gasteiger partial charge in [0.25, 0.3) is 0 Å². The molecule has 2 heteroatoms. The van der Waals surface area contributed by atoms with Crippen molar-refractivity contribution in [1.82, 2.24) is 0 Å². The summed E-state index contributed by atoms with van der Waals surface area (Å²) in [6.07, 6.45) is 1.16. The van der Waals surface area contributed by atoms with Crippen LogP contribution in [0.5, 0.6) is 0 Å². The molecule has 0 heterocycles. The number of rotatable bonds is 2. The molecule has 0 aliphatic heterocycles. The van der Waals surface area contributed by atoms with Gasteiger partial charge in [-0.3, -0.25) is 4.99 Å². The summed E-state index contributed by atoms with van der Waals surface area (Å²) in [4.78, 5) is 4.46. The van der Waals surface area contributed by atoms with Crippen LogP contribution in [0.2, 0.25) is 0 Å². The van der Waals surface area contributed by atoms with E-state index in [1.807, 2.05) is 13.0 Å². The second-order valence-electron chi connectivity index (χ2n) is 3.67. The Hall–Kier alpha value is -1.31. The van der Waals surface area contributed by atoms with Crippen LogP contribution >= 0.6 is 0 Å². The van der Waals surface area contributed by atoms with Crippen molar-refractivity contribution >= 4 is 5.90 Å². The van der Waals surface area contributed by atoms with E-state index in [0.29, 0.717) is 12.0 Å². The van der Waals surface area contributed by atoms with Gasteiger partial charge in [0.05, 0.1) is 13.2 Å². The highest BCUT2D eigenvalue weighted by Crippen LogP contribution is 2.43. The number of ether oxygens (including phenoxy) is 1. The predicted molar refractivity (Wildman–Crippen MR) is 57.7 cm³/mol. The van der Waals surface area contributed by atoms with Crippen molar-refractivity contribution in [2.75, 3.05) is 7.11 Å². The Bertz CT molecular complexity index is 331. The van der Waals surface area contributed by atoms with Gasteiger partial charge in [-0.15, -0.1) is 0 Å². The first-order valence-corrected chi connectivity index (χ1v) is 4.94. The first-order chi connectivity index (χ1) is 6.81. The Labute approximate surface area is 84.6 Å². The first kappa shape index (κ1) is 9.25. The Morgan fingerprint density at radius 2 is 2.07 bits per heavy atom. The van der Waals surface area contributed by atoms with E-state index in [4.69, 9.17) is 4.74 Å². The summed E-state index contributed by atoms with van der Waals surface area (Å²) in [5.74, 6) is 1.40. The van der Waals surface area contributed by atoms with Gasteiger partial charge in [0, 0.05) is 12.8 Å². The Morgan fingerprint density at radius 3 is 2.71 bits per heavy atom. The van der Waals surface area contributed by atoms with E-state index in [2.05, 4.69) is 29.3 Å². The second-order valence-corrected chi connectivity index (χ2v) is 3.67. The minimum atomic E-state index is 0.442. The highest BCUT2D eigenvalue weighted by molar-refractivity contribution is 5.73. The molecule has 0 saturated heterocycles. The summed E-state index contributed by atoms with van der Waals surface area (Å²) in [6, 6.07) is 11.0. The molecular weight excluding hydrogens is 174 g/mol. The molecule has 0 N–H and O–H groups in total. The van der Waals surface area contributed by atoms with E-state index >= 15 is 0 Å². The Kier molecular flexibility index (Phi) is 2.53. The number of benzene rings is 1. The number of aliphatic imine (C=N–C) groups is 1. The fourth-order valence-corrected chi connectivity index (χ4v) is 1.67. The van der Waals surface area contributed by atoms with Crippen LogP contribution in [0, 0.1) is 0 Å². The summed E-state index contributed by atoms with van der Waals surface area (Å²) in [6.45, 7) is 1.90. The van der Waals surface area contributed by atoms with Gasteiger partial charge < -0.3 is 4.74 Å². The van der Waals surface area contributed by atoms with E-state index in [1.165, 1.54) is 5.56 Å². The van der Waals surface area contributed by atoms with Gasteiger partial charge in [-0.1, -0.05) is 30.3 Å². The quantitative estimate of drug-likeness (QED) is 0.517. The van der Waals surface area contributed by atoms with Gasteiger partial charge in [0.1, 0.15) is 0 Å². The fraction of sp³-hybridized carbons (Fsp3) is 0.417. The smallest absolute Gasteiger partial charge is 0.179 e. The standard InChI is InChI=1S/C12H15NO/c1-9(14-2)13-12-8-11(12)10-6-4-3-5-7-10/h3-7,11-12H,8H2,1-2H3/t11-,12-/m1/s1. The van der Waals surface area contributed by atoms with Gasteiger partial charge in [0.15, 0.2) is 5.90 Å². The van der Waals surface area contributed by atoms with Gasteiger partial charge >= 0.3 is 0 Å². The maximum Gasteiger partial charge on any atom is 0.179 e. The molecule has 1 aromatic carbocycles. The molecule has 0 unspecified atom stereocenters. The van der Waals surface area contributed by atoms with E-state index in [-0.39, 0.29) is 0 Å². The van der Waals surface area contributed by atoms with Crippen molar-refractivity contribution in [2.45, 2.75) is 25.3 Å². The SMILES string of the molecule is COC(C)=N[C@@H]1C[C@@H]1c1ccccc1. The molecule has 0 amide bonds. The molecule has 2 rings (SSSR count). The monoisotopic (exact) mass is 189 g/mol. The van der Waals surface area contributed by atoms with Crippen molar-refractivity contribution in [3.63, 3.8) is 0 Å². The summed E-state index contributed by atoms with van der Waals surface area (Å²) >= 11 is 0. The van der Waals surface area contributed by atoms with Crippen LogP contribution in [0.3, 0.4) is 0 Å². The molecule has 0 bridgehead atoms. The molecule has 1 saturated carbocycles. The third kappa shape index (κ3) is 1.95. The van der Waals surface area contributed by atoms with E-state index in [0.717, 1.165) is 12.3 Å². The van der Waals surface area contributed by atoms with E-state index in [1.54, 1.807) is 7.11 Å². The lowest BCUT2D eigenvalue weighted by Gasteiger charge is -1.98. The molecule has 74 valence electrons. The molecule has 1 aliphatic rings. The minimum absolute atomic E-state index is 0.442. The molecule has 1 aliphatic carbocycles. The zero-order chi connectivity index (χ0) is 9.97. The third-order valence-electron chi connectivity index (χ3n) is 2.63. The van der Waals surface area contributed by atoms with Crippen LogP contribution in [-0.4, -0.2) is 19.0 Å². The molecule has 1 aromatic rings. The van der Waals surface area contributed by atoms with Crippen LogP contribution in [0.15, 0.2) is 35.3 Å². The van der Waals surface area contributed by atoms with E-state index in [9.17, 15) is 0 Å². The summed E-state index contributed by atoms with van der Waals surface area (Å²) in [7, 11) is 1.67. The molecule has 0 aromatic heterocycles. The Morgan fingerprint density at radius 1 is 1.36 bits per heavy atom. The highest BCUT2D eigenvalue weighted by atomic mass is 16.5. The average molecular weight is 189 g/mol. The normalized spacial score (nSPS) is 26.0. The molecule has 2 atom stereocenters. The van der Waals surface area contributed by atoms with Crippen LogP contribution < -0.4 is 0 Å². The van der Waals surface area contributed by atoms with Crippen LogP contribution in [-0.2, 0) is 4.74 Å². The third-order valence-corrected chi connectivity index (χ3v) is 2.63. The van der Waals surface area contributed by atoms with Crippen molar-refractivity contribution in [2.24, 2.45) is 4.99 Å².